The van der Waals surface area contributed by atoms with Gasteiger partial charge in [-0.1, -0.05) is 95.0 Å². The summed E-state index contributed by atoms with van der Waals surface area (Å²) in [6, 6.07) is 9.21. The van der Waals surface area contributed by atoms with Crippen LogP contribution in [0.4, 0.5) is 4.79 Å². The van der Waals surface area contributed by atoms with Crippen molar-refractivity contribution >= 4 is 12.1 Å². The number of hydrogen-bond acceptors (Lipinski definition) is 4. The van der Waals surface area contributed by atoms with Crippen molar-refractivity contribution in [2.24, 2.45) is 0 Å². The molecule has 0 heterocycles. The fraction of sp³-hybridized carbons (Fsp3) is 0.636. The summed E-state index contributed by atoms with van der Waals surface area (Å²) in [6.07, 6.45) is 10.00. The Morgan fingerprint density at radius 1 is 0.889 bits per heavy atom. The van der Waals surface area contributed by atoms with Crippen molar-refractivity contribution in [3.05, 3.63) is 35.9 Å². The molecule has 0 saturated carbocycles. The van der Waals surface area contributed by atoms with Gasteiger partial charge in [-0.2, -0.15) is 0 Å². The molecule has 0 amide bonds. The summed E-state index contributed by atoms with van der Waals surface area (Å²) in [5, 5.41) is 9.22. The molecule has 0 saturated heterocycles. The third-order valence-electron chi connectivity index (χ3n) is 4.53. The molecule has 1 unspecified atom stereocenters. The van der Waals surface area contributed by atoms with Crippen LogP contribution in [-0.4, -0.2) is 23.3 Å². The maximum atomic E-state index is 11.7. The lowest BCUT2D eigenvalue weighted by Crippen LogP contribution is -2.27. The summed E-state index contributed by atoms with van der Waals surface area (Å²) in [4.78, 5) is 23.0. The van der Waals surface area contributed by atoms with Crippen LogP contribution in [0, 0.1) is 0 Å². The monoisotopic (exact) mass is 378 g/mol. The molecule has 5 nitrogen and oxygen atoms in total. The van der Waals surface area contributed by atoms with Crippen molar-refractivity contribution in [1.82, 2.24) is 0 Å². The van der Waals surface area contributed by atoms with Gasteiger partial charge in [0.1, 0.15) is 6.61 Å². The van der Waals surface area contributed by atoms with E-state index in [1.165, 1.54) is 44.9 Å². The van der Waals surface area contributed by atoms with Gasteiger partial charge in [-0.15, -0.1) is 0 Å². The predicted octanol–water partition coefficient (Wildman–Crippen LogP) is 6.10. The Hall–Kier alpha value is -2.04. The molecule has 0 aliphatic heterocycles. The molecule has 0 spiro atoms. The number of unbranched alkanes of at least 4 members (excludes halogenated alkanes) is 9. The Bertz CT molecular complexity index is 515. The van der Waals surface area contributed by atoms with Crippen LogP contribution in [0.2, 0.25) is 0 Å². The smallest absolute Gasteiger partial charge is 0.479 e. The lowest BCUT2D eigenvalue weighted by Gasteiger charge is -2.13. The van der Waals surface area contributed by atoms with Crippen molar-refractivity contribution in [3.8, 4) is 0 Å². The number of carboxylic acids is 1. The summed E-state index contributed by atoms with van der Waals surface area (Å²) in [5.74, 6) is -1.12. The van der Waals surface area contributed by atoms with E-state index in [1.807, 2.05) is 30.3 Å². The summed E-state index contributed by atoms with van der Waals surface area (Å²) >= 11 is 0. The minimum atomic E-state index is -1.14. The van der Waals surface area contributed by atoms with E-state index < -0.39 is 18.2 Å². The molecule has 0 aliphatic rings. The molecule has 0 aromatic heterocycles. The molecule has 5 heteroatoms. The van der Waals surface area contributed by atoms with Crippen LogP contribution in [0.25, 0.3) is 0 Å². The number of hydrogen-bond donors (Lipinski definition) is 1. The Kier molecular flexibility index (Phi) is 12.8. The molecule has 152 valence electrons. The van der Waals surface area contributed by atoms with Crippen LogP contribution in [0.1, 0.15) is 83.1 Å². The Labute approximate surface area is 163 Å². The molecule has 0 aliphatic carbocycles. The number of benzene rings is 1. The van der Waals surface area contributed by atoms with Crippen LogP contribution >= 0.6 is 0 Å². The quantitative estimate of drug-likeness (QED) is 0.295. The fourth-order valence-corrected chi connectivity index (χ4v) is 2.92. The molecule has 1 aromatic rings. The Morgan fingerprint density at radius 2 is 1.44 bits per heavy atom. The maximum Gasteiger partial charge on any atom is 0.509 e. The summed E-state index contributed by atoms with van der Waals surface area (Å²) in [6.45, 7) is 2.29. The van der Waals surface area contributed by atoms with Crippen LogP contribution in [0.15, 0.2) is 30.3 Å². The molecule has 1 aromatic carbocycles. The lowest BCUT2D eigenvalue weighted by atomic mass is 10.0. The van der Waals surface area contributed by atoms with E-state index >= 15 is 0 Å². The average Bonchev–Trinajstić information content (AvgIpc) is 2.67. The van der Waals surface area contributed by atoms with Gasteiger partial charge in [-0.3, -0.25) is 0 Å². The van der Waals surface area contributed by atoms with Crippen molar-refractivity contribution in [3.63, 3.8) is 0 Å². The zero-order valence-corrected chi connectivity index (χ0v) is 16.5. The molecule has 0 radical (unpaired) electrons. The molecule has 0 bridgehead atoms. The Balaban J connectivity index is 2.11. The zero-order valence-electron chi connectivity index (χ0n) is 16.5. The van der Waals surface area contributed by atoms with Gasteiger partial charge in [-0.25, -0.2) is 9.59 Å². The fourth-order valence-electron chi connectivity index (χ4n) is 2.92. The highest BCUT2D eigenvalue weighted by molar-refractivity contribution is 5.75. The van der Waals surface area contributed by atoms with Gasteiger partial charge in [0.15, 0.2) is 0 Å². The van der Waals surface area contributed by atoms with Crippen LogP contribution in [0.5, 0.6) is 0 Å². The largest absolute Gasteiger partial charge is 0.509 e. The summed E-state index contributed by atoms with van der Waals surface area (Å²) in [5.41, 5.74) is 0.830. The predicted molar refractivity (Wildman–Crippen MR) is 106 cm³/mol. The maximum absolute atomic E-state index is 11.7. The topological polar surface area (TPSA) is 72.8 Å². The second-order valence-electron chi connectivity index (χ2n) is 6.94. The molecular formula is C22H34O5. The van der Waals surface area contributed by atoms with Crippen LogP contribution < -0.4 is 0 Å². The SMILES string of the molecule is CCCCCCCCCCCCC(OC(=O)OCc1ccccc1)C(=O)O. The average molecular weight is 379 g/mol. The molecule has 1 rings (SSSR count). The number of carbonyl (C=O) groups is 2. The minimum absolute atomic E-state index is 0.0737. The van der Waals surface area contributed by atoms with Gasteiger partial charge in [0, 0.05) is 0 Å². The molecule has 1 N–H and O–H groups in total. The van der Waals surface area contributed by atoms with Crippen molar-refractivity contribution < 1.29 is 24.2 Å². The first-order chi connectivity index (χ1) is 13.1. The first-order valence-electron chi connectivity index (χ1n) is 10.2. The zero-order chi connectivity index (χ0) is 19.7. The molecule has 0 fully saturated rings. The van der Waals surface area contributed by atoms with E-state index in [0.29, 0.717) is 6.42 Å². The van der Waals surface area contributed by atoms with Gasteiger partial charge in [0.05, 0.1) is 0 Å². The highest BCUT2D eigenvalue weighted by Crippen LogP contribution is 2.14. The minimum Gasteiger partial charge on any atom is -0.479 e. The Morgan fingerprint density at radius 3 is 2.00 bits per heavy atom. The van der Waals surface area contributed by atoms with E-state index in [2.05, 4.69) is 6.92 Å². The first-order valence-corrected chi connectivity index (χ1v) is 10.2. The molecule has 1 atom stereocenters. The first kappa shape index (κ1) is 23.0. The number of carboxylic acid groups (broad SMARTS) is 1. The highest BCUT2D eigenvalue weighted by Gasteiger charge is 2.22. The summed E-state index contributed by atoms with van der Waals surface area (Å²) < 4.78 is 9.94. The third kappa shape index (κ3) is 12.1. The summed E-state index contributed by atoms with van der Waals surface area (Å²) in [7, 11) is 0. The second-order valence-corrected chi connectivity index (χ2v) is 6.94. The van der Waals surface area contributed by atoms with Crippen molar-refractivity contribution in [2.45, 2.75) is 90.3 Å². The second kappa shape index (κ2) is 15.1. The lowest BCUT2D eigenvalue weighted by molar-refractivity contribution is -0.148. The van der Waals surface area contributed by atoms with Gasteiger partial charge in [-0.05, 0) is 18.4 Å². The van der Waals surface area contributed by atoms with Gasteiger partial charge >= 0.3 is 12.1 Å². The van der Waals surface area contributed by atoms with E-state index in [9.17, 15) is 14.7 Å². The third-order valence-corrected chi connectivity index (χ3v) is 4.53. The molecule has 27 heavy (non-hydrogen) atoms. The number of carbonyl (C=O) groups excluding carboxylic acids is 1. The van der Waals surface area contributed by atoms with E-state index in [4.69, 9.17) is 9.47 Å². The molecular weight excluding hydrogens is 344 g/mol. The highest BCUT2D eigenvalue weighted by atomic mass is 16.7. The number of ether oxygens (including phenoxy) is 2. The van der Waals surface area contributed by atoms with Gasteiger partial charge in [0.25, 0.3) is 0 Å². The normalized spacial score (nSPS) is 11.7. The van der Waals surface area contributed by atoms with Crippen molar-refractivity contribution in [1.29, 1.82) is 0 Å². The van der Waals surface area contributed by atoms with E-state index in [1.54, 1.807) is 0 Å². The van der Waals surface area contributed by atoms with E-state index in [-0.39, 0.29) is 6.61 Å². The van der Waals surface area contributed by atoms with Gasteiger partial charge in [0.2, 0.25) is 6.10 Å². The van der Waals surface area contributed by atoms with Gasteiger partial charge < -0.3 is 14.6 Å². The van der Waals surface area contributed by atoms with Crippen molar-refractivity contribution in [2.75, 3.05) is 0 Å². The number of aliphatic carboxylic acids is 1. The number of rotatable bonds is 15. The standard InChI is InChI=1S/C22H34O5/c1-2-3-4-5-6-7-8-9-10-14-17-20(21(23)24)27-22(25)26-18-19-15-12-11-13-16-19/h11-13,15-16,20H,2-10,14,17-18H2,1H3,(H,23,24). The van der Waals surface area contributed by atoms with Crippen LogP contribution in [-0.2, 0) is 20.9 Å². The van der Waals surface area contributed by atoms with E-state index in [0.717, 1.165) is 24.8 Å². The van der Waals surface area contributed by atoms with Crippen LogP contribution in [0.3, 0.4) is 0 Å².